The molecular formula is C14H24N4O2S. The summed E-state index contributed by atoms with van der Waals surface area (Å²) in [5.74, 6) is 0.662. The Morgan fingerprint density at radius 3 is 2.81 bits per heavy atom. The van der Waals surface area contributed by atoms with Gasteiger partial charge in [-0.15, -0.1) is 0 Å². The molecule has 0 aromatic carbocycles. The zero-order valence-corrected chi connectivity index (χ0v) is 13.4. The van der Waals surface area contributed by atoms with Gasteiger partial charge in [0, 0.05) is 19.1 Å². The molecule has 2 rings (SSSR count). The third-order valence-corrected chi connectivity index (χ3v) is 4.64. The molecular weight excluding hydrogens is 288 g/mol. The second-order valence-corrected chi connectivity index (χ2v) is 6.81. The van der Waals surface area contributed by atoms with E-state index in [0.717, 1.165) is 25.8 Å². The van der Waals surface area contributed by atoms with Crippen molar-refractivity contribution in [3.63, 3.8) is 0 Å². The molecule has 0 bridgehead atoms. The molecule has 1 aromatic rings. The molecule has 1 saturated carbocycles. The maximum Gasteiger partial charge on any atom is 0.268 e. The van der Waals surface area contributed by atoms with Gasteiger partial charge in [0.15, 0.2) is 5.13 Å². The summed E-state index contributed by atoms with van der Waals surface area (Å²) in [7, 11) is 0. The zero-order chi connectivity index (χ0) is 15.4. The summed E-state index contributed by atoms with van der Waals surface area (Å²) in [6.07, 6.45) is 3.14. The molecule has 1 amide bonds. The minimum atomic E-state index is -0.110. The molecule has 1 aliphatic carbocycles. The molecule has 1 aliphatic rings. The first-order chi connectivity index (χ1) is 10.0. The second kappa shape index (κ2) is 7.09. The van der Waals surface area contributed by atoms with Crippen LogP contribution in [0.5, 0.6) is 0 Å². The number of hydrogen-bond acceptors (Lipinski definition) is 6. The predicted octanol–water partition coefficient (Wildman–Crippen LogP) is 1.78. The zero-order valence-electron chi connectivity index (χ0n) is 12.6. The van der Waals surface area contributed by atoms with Crippen LogP contribution in [-0.4, -0.2) is 46.6 Å². The van der Waals surface area contributed by atoms with Gasteiger partial charge in [-0.2, -0.15) is 0 Å². The SMILES string of the molecule is CC(C)CNc1nc(N)c(C(=O)N(CCO)C2CCC2)s1. The lowest BCUT2D eigenvalue weighted by atomic mass is 9.91. The number of nitrogens with one attached hydrogen (secondary N) is 1. The molecule has 0 radical (unpaired) electrons. The Morgan fingerprint density at radius 1 is 1.57 bits per heavy atom. The summed E-state index contributed by atoms with van der Waals surface area (Å²) in [6.45, 7) is 5.34. The number of carbonyl (C=O) groups excluding carboxylic acids is 1. The van der Waals surface area contributed by atoms with Crippen molar-refractivity contribution in [3.05, 3.63) is 4.88 Å². The number of hydrogen-bond donors (Lipinski definition) is 3. The number of aliphatic hydroxyl groups is 1. The highest BCUT2D eigenvalue weighted by Crippen LogP contribution is 2.31. The number of aliphatic hydroxyl groups excluding tert-OH is 1. The molecule has 0 spiro atoms. The Morgan fingerprint density at radius 2 is 2.29 bits per heavy atom. The van der Waals surface area contributed by atoms with Crippen LogP contribution in [0.4, 0.5) is 10.9 Å². The minimum Gasteiger partial charge on any atom is -0.395 e. The van der Waals surface area contributed by atoms with Gasteiger partial charge in [0.2, 0.25) is 0 Å². The van der Waals surface area contributed by atoms with E-state index in [9.17, 15) is 9.90 Å². The molecule has 4 N–H and O–H groups in total. The number of thiazole rings is 1. The molecule has 118 valence electrons. The Labute approximate surface area is 129 Å². The molecule has 7 heteroatoms. The molecule has 1 aromatic heterocycles. The summed E-state index contributed by atoms with van der Waals surface area (Å²) in [5.41, 5.74) is 5.89. The average Bonchev–Trinajstić information content (AvgIpc) is 2.74. The summed E-state index contributed by atoms with van der Waals surface area (Å²) in [5, 5.41) is 13.0. The standard InChI is InChI=1S/C14H24N4O2S/c1-9(2)8-16-14-17-12(15)11(21-14)13(20)18(6-7-19)10-4-3-5-10/h9-10,19H,3-8,15H2,1-2H3,(H,16,17). The molecule has 0 unspecified atom stereocenters. The van der Waals surface area contributed by atoms with Crippen molar-refractivity contribution in [2.75, 3.05) is 30.7 Å². The van der Waals surface area contributed by atoms with Crippen molar-refractivity contribution in [2.45, 2.75) is 39.2 Å². The molecule has 1 heterocycles. The highest BCUT2D eigenvalue weighted by atomic mass is 32.1. The largest absolute Gasteiger partial charge is 0.395 e. The number of rotatable bonds is 7. The van der Waals surface area contributed by atoms with E-state index in [4.69, 9.17) is 5.73 Å². The summed E-state index contributed by atoms with van der Waals surface area (Å²) in [6, 6.07) is 0.234. The Bertz CT molecular complexity index is 485. The first-order valence-corrected chi connectivity index (χ1v) is 8.26. The van der Waals surface area contributed by atoms with E-state index in [1.807, 2.05) is 0 Å². The number of aromatic nitrogens is 1. The number of nitrogen functional groups attached to an aromatic ring is 1. The lowest BCUT2D eigenvalue weighted by Crippen LogP contribution is -2.45. The lowest BCUT2D eigenvalue weighted by molar-refractivity contribution is 0.0531. The molecule has 0 saturated heterocycles. The van der Waals surface area contributed by atoms with Gasteiger partial charge in [0.25, 0.3) is 5.91 Å². The molecule has 21 heavy (non-hydrogen) atoms. The van der Waals surface area contributed by atoms with E-state index >= 15 is 0 Å². The van der Waals surface area contributed by atoms with Crippen molar-refractivity contribution in [1.82, 2.24) is 9.88 Å². The van der Waals surface area contributed by atoms with E-state index in [0.29, 0.717) is 22.5 Å². The van der Waals surface area contributed by atoms with E-state index in [-0.39, 0.29) is 24.4 Å². The van der Waals surface area contributed by atoms with Gasteiger partial charge in [-0.25, -0.2) is 4.98 Å². The van der Waals surface area contributed by atoms with Gasteiger partial charge in [-0.05, 0) is 25.2 Å². The van der Waals surface area contributed by atoms with Crippen molar-refractivity contribution < 1.29 is 9.90 Å². The van der Waals surface area contributed by atoms with Crippen LogP contribution in [-0.2, 0) is 0 Å². The monoisotopic (exact) mass is 312 g/mol. The quantitative estimate of drug-likeness (QED) is 0.714. The first kappa shape index (κ1) is 16.0. The normalized spacial score (nSPS) is 15.0. The van der Waals surface area contributed by atoms with Crippen LogP contribution in [0.25, 0.3) is 0 Å². The number of anilines is 2. The molecule has 0 aliphatic heterocycles. The topological polar surface area (TPSA) is 91.5 Å². The van der Waals surface area contributed by atoms with Crippen LogP contribution in [0.2, 0.25) is 0 Å². The number of nitrogens with zero attached hydrogens (tertiary/aromatic N) is 2. The number of carbonyl (C=O) groups is 1. The molecule has 0 atom stereocenters. The molecule has 1 fully saturated rings. The number of nitrogens with two attached hydrogens (primary N) is 1. The van der Waals surface area contributed by atoms with Crippen LogP contribution < -0.4 is 11.1 Å². The third kappa shape index (κ3) is 3.85. The minimum absolute atomic E-state index is 0.0284. The van der Waals surface area contributed by atoms with Crippen molar-refractivity contribution in [3.8, 4) is 0 Å². The van der Waals surface area contributed by atoms with Crippen molar-refractivity contribution in [2.24, 2.45) is 5.92 Å². The predicted molar refractivity (Wildman–Crippen MR) is 85.6 cm³/mol. The third-order valence-electron chi connectivity index (χ3n) is 3.63. The van der Waals surface area contributed by atoms with Crippen LogP contribution in [0.15, 0.2) is 0 Å². The van der Waals surface area contributed by atoms with Gasteiger partial charge in [0.1, 0.15) is 10.7 Å². The second-order valence-electron chi connectivity index (χ2n) is 5.82. The van der Waals surface area contributed by atoms with Crippen molar-refractivity contribution >= 4 is 28.2 Å². The van der Waals surface area contributed by atoms with Gasteiger partial charge in [-0.1, -0.05) is 25.2 Å². The number of amides is 1. The van der Waals surface area contributed by atoms with E-state index in [1.165, 1.54) is 11.3 Å². The first-order valence-electron chi connectivity index (χ1n) is 7.45. The maximum absolute atomic E-state index is 12.6. The lowest BCUT2D eigenvalue weighted by Gasteiger charge is -2.37. The smallest absolute Gasteiger partial charge is 0.268 e. The van der Waals surface area contributed by atoms with Crippen LogP contribution >= 0.6 is 11.3 Å². The summed E-state index contributed by atoms with van der Waals surface area (Å²) in [4.78, 5) is 19.1. The highest BCUT2D eigenvalue weighted by Gasteiger charge is 2.31. The van der Waals surface area contributed by atoms with Crippen molar-refractivity contribution in [1.29, 1.82) is 0 Å². The van der Waals surface area contributed by atoms with Gasteiger partial charge >= 0.3 is 0 Å². The Kier molecular flexibility index (Phi) is 5.41. The van der Waals surface area contributed by atoms with Crippen LogP contribution in [0.3, 0.4) is 0 Å². The fourth-order valence-electron chi connectivity index (χ4n) is 2.24. The van der Waals surface area contributed by atoms with E-state index in [1.54, 1.807) is 4.90 Å². The van der Waals surface area contributed by atoms with Gasteiger partial charge in [0.05, 0.1) is 6.61 Å². The van der Waals surface area contributed by atoms with Crippen LogP contribution in [0.1, 0.15) is 42.8 Å². The van der Waals surface area contributed by atoms with Crippen LogP contribution in [0, 0.1) is 5.92 Å². The summed E-state index contributed by atoms with van der Waals surface area (Å²) >= 11 is 1.30. The molecule has 6 nitrogen and oxygen atoms in total. The summed E-state index contributed by atoms with van der Waals surface area (Å²) < 4.78 is 0. The maximum atomic E-state index is 12.6. The Balaban J connectivity index is 2.09. The average molecular weight is 312 g/mol. The highest BCUT2D eigenvalue weighted by molar-refractivity contribution is 7.18. The van der Waals surface area contributed by atoms with Gasteiger partial charge < -0.3 is 21.1 Å². The fourth-order valence-corrected chi connectivity index (χ4v) is 3.09. The van der Waals surface area contributed by atoms with E-state index < -0.39 is 0 Å². The fraction of sp³-hybridized carbons (Fsp3) is 0.714. The van der Waals surface area contributed by atoms with Gasteiger partial charge in [-0.3, -0.25) is 4.79 Å². The van der Waals surface area contributed by atoms with E-state index in [2.05, 4.69) is 24.1 Å². The Hall–Kier alpha value is -1.34.